The van der Waals surface area contributed by atoms with Crippen molar-refractivity contribution in [3.63, 3.8) is 0 Å². The van der Waals surface area contributed by atoms with Gasteiger partial charge in [0.05, 0.1) is 22.7 Å². The van der Waals surface area contributed by atoms with Crippen LogP contribution in [-0.4, -0.2) is 59.9 Å². The van der Waals surface area contributed by atoms with Gasteiger partial charge in [-0.3, -0.25) is 19.8 Å². The predicted molar refractivity (Wildman–Crippen MR) is 128 cm³/mol. The van der Waals surface area contributed by atoms with Crippen LogP contribution in [0.25, 0.3) is 0 Å². The highest BCUT2D eigenvalue weighted by Gasteiger charge is 2.64. The lowest BCUT2D eigenvalue weighted by Crippen LogP contribution is -2.66. The maximum atomic E-state index is 15.2. The van der Waals surface area contributed by atoms with Gasteiger partial charge in [-0.05, 0) is 45.0 Å². The van der Waals surface area contributed by atoms with Crippen molar-refractivity contribution in [3.8, 4) is 0 Å². The number of amidine groups is 1. The highest BCUT2D eigenvalue weighted by molar-refractivity contribution is 8.29. The Morgan fingerprint density at radius 3 is 2.46 bits per heavy atom. The number of rotatable bonds is 3. The summed E-state index contributed by atoms with van der Waals surface area (Å²) in [5, 5.41) is 12.4. The molecule has 0 aliphatic carbocycles. The molecule has 1 saturated heterocycles. The molecule has 0 spiro atoms. The molecule has 1 fully saturated rings. The third kappa shape index (κ3) is 4.62. The van der Waals surface area contributed by atoms with Gasteiger partial charge in [-0.1, -0.05) is 10.5 Å². The zero-order valence-corrected chi connectivity index (χ0v) is 20.7. The highest BCUT2D eigenvalue weighted by atomic mass is 32.3. The zero-order chi connectivity index (χ0) is 27.4. The molecule has 3 atom stereocenters. The number of pyridine rings is 2. The number of nitrogens with one attached hydrogen (secondary N) is 3. The smallest absolute Gasteiger partial charge is 0.410 e. The van der Waals surface area contributed by atoms with Crippen molar-refractivity contribution >= 4 is 34.1 Å². The van der Waals surface area contributed by atoms with Gasteiger partial charge in [0.2, 0.25) is 0 Å². The number of fused-ring (bicyclic) bond motifs is 1. The number of anilines is 1. The molecule has 0 bridgehead atoms. The SMILES string of the molecule is CC1(C)C(NC(=O)O)=N[C@](C)(c2nc(NC(=O)c3ccc(F)cn3)ccc2F)[C@H]2CC(F)(F)CNS21O. The molecule has 4 heterocycles. The van der Waals surface area contributed by atoms with Gasteiger partial charge in [-0.25, -0.2) is 32.3 Å². The van der Waals surface area contributed by atoms with Crippen LogP contribution in [0.4, 0.5) is 28.2 Å². The number of hydrogen-bond acceptors (Lipinski definition) is 7. The second-order valence-corrected chi connectivity index (χ2v) is 12.5. The van der Waals surface area contributed by atoms with Crippen molar-refractivity contribution in [2.45, 2.75) is 48.7 Å². The summed E-state index contributed by atoms with van der Waals surface area (Å²) < 4.78 is 70.4. The fraction of sp³-hybridized carbons (Fsp3) is 0.409. The van der Waals surface area contributed by atoms with Crippen molar-refractivity contribution in [3.05, 3.63) is 53.5 Å². The first-order valence-electron chi connectivity index (χ1n) is 11.0. The fourth-order valence-electron chi connectivity index (χ4n) is 4.48. The normalized spacial score (nSPS) is 29.7. The molecule has 15 heteroatoms. The van der Waals surface area contributed by atoms with Gasteiger partial charge < -0.3 is 15.0 Å². The van der Waals surface area contributed by atoms with Crippen molar-refractivity contribution in [1.29, 1.82) is 0 Å². The van der Waals surface area contributed by atoms with E-state index in [0.717, 1.165) is 30.5 Å². The van der Waals surface area contributed by atoms with E-state index in [1.54, 1.807) is 0 Å². The number of aliphatic imine (C=N–C) groups is 1. The second-order valence-electron chi connectivity index (χ2n) is 9.39. The number of halogens is 4. The summed E-state index contributed by atoms with van der Waals surface area (Å²) in [6.07, 6.45) is -1.57. The zero-order valence-electron chi connectivity index (χ0n) is 19.9. The van der Waals surface area contributed by atoms with E-state index in [0.29, 0.717) is 0 Å². The van der Waals surface area contributed by atoms with Gasteiger partial charge in [-0.2, -0.15) is 0 Å². The summed E-state index contributed by atoms with van der Waals surface area (Å²) in [5.74, 6) is -6.19. The number of amides is 2. The summed E-state index contributed by atoms with van der Waals surface area (Å²) in [4.78, 5) is 36.2. The average molecular weight is 545 g/mol. The Morgan fingerprint density at radius 2 is 1.84 bits per heavy atom. The Balaban J connectivity index is 1.83. The molecule has 0 saturated carbocycles. The van der Waals surface area contributed by atoms with E-state index in [4.69, 9.17) is 0 Å². The van der Waals surface area contributed by atoms with Crippen molar-refractivity contribution < 1.29 is 36.8 Å². The number of carbonyl (C=O) groups excluding carboxylic acids is 1. The Labute approximate surface area is 210 Å². The van der Waals surface area contributed by atoms with Gasteiger partial charge >= 0.3 is 6.09 Å². The number of carboxylic acid groups (broad SMARTS) is 1. The third-order valence-corrected chi connectivity index (χ3v) is 10.3. The van der Waals surface area contributed by atoms with E-state index in [1.165, 1.54) is 20.8 Å². The first-order chi connectivity index (χ1) is 17.1. The Morgan fingerprint density at radius 1 is 1.14 bits per heavy atom. The molecule has 4 rings (SSSR count). The number of alkyl halides is 2. The molecule has 37 heavy (non-hydrogen) atoms. The standard InChI is InChI=1S/C22H24F4N6O4S/c1-20(2)18(31-19(34)35)32-21(3,14-8-22(25,26)10-28-37(14,20)36)16-12(24)5-7-15(29-16)30-17(33)13-6-4-11(23)9-27-13/h4-7,9,14,28,36H,8,10H2,1-3H3,(H,31,32)(H,34,35)(H,29,30,33)/t14-,21+/m1/s1. The quantitative estimate of drug-likeness (QED) is 0.368. The minimum absolute atomic E-state index is 0.166. The van der Waals surface area contributed by atoms with E-state index >= 15 is 4.39 Å². The molecule has 2 amide bonds. The molecule has 0 radical (unpaired) electrons. The summed E-state index contributed by atoms with van der Waals surface area (Å²) in [7, 11) is -3.31. The molecule has 10 nitrogen and oxygen atoms in total. The summed E-state index contributed by atoms with van der Waals surface area (Å²) in [6.45, 7) is 3.31. The topological polar surface area (TPSA) is 149 Å². The third-order valence-electron chi connectivity index (χ3n) is 6.52. The van der Waals surface area contributed by atoms with E-state index in [-0.39, 0.29) is 17.3 Å². The highest BCUT2D eigenvalue weighted by Crippen LogP contribution is 2.68. The van der Waals surface area contributed by atoms with Crippen molar-refractivity contribution in [1.82, 2.24) is 20.0 Å². The Kier molecular flexibility index (Phi) is 6.45. The van der Waals surface area contributed by atoms with Crippen LogP contribution in [0.15, 0.2) is 35.5 Å². The van der Waals surface area contributed by atoms with Crippen LogP contribution >= 0.6 is 10.5 Å². The van der Waals surface area contributed by atoms with Crippen LogP contribution in [-0.2, 0) is 5.54 Å². The lowest BCUT2D eigenvalue weighted by atomic mass is 9.88. The first-order valence-corrected chi connectivity index (χ1v) is 12.6. The van der Waals surface area contributed by atoms with Gasteiger partial charge in [0.15, 0.2) is 0 Å². The average Bonchev–Trinajstić information content (AvgIpc) is 2.80. The maximum absolute atomic E-state index is 15.2. The summed E-state index contributed by atoms with van der Waals surface area (Å²) in [5.41, 5.74) is -2.64. The van der Waals surface area contributed by atoms with Gasteiger partial charge in [0.25, 0.3) is 11.8 Å². The van der Waals surface area contributed by atoms with Crippen LogP contribution in [0.5, 0.6) is 0 Å². The minimum atomic E-state index is -3.31. The number of carbonyl (C=O) groups is 2. The van der Waals surface area contributed by atoms with Crippen molar-refractivity contribution in [2.75, 3.05) is 11.9 Å². The van der Waals surface area contributed by atoms with Gasteiger partial charge in [0.1, 0.15) is 40.2 Å². The van der Waals surface area contributed by atoms with E-state index in [1.807, 2.05) is 0 Å². The maximum Gasteiger partial charge on any atom is 0.410 e. The van der Waals surface area contributed by atoms with E-state index < -0.39 is 74.2 Å². The molecule has 0 aromatic carbocycles. The first kappa shape index (κ1) is 26.8. The van der Waals surface area contributed by atoms with Crippen molar-refractivity contribution in [2.24, 2.45) is 4.99 Å². The summed E-state index contributed by atoms with van der Waals surface area (Å²) >= 11 is 0. The molecule has 2 aliphatic heterocycles. The molecule has 2 aromatic rings. The number of nitrogens with zero attached hydrogens (tertiary/aromatic N) is 3. The molecule has 2 aliphatic rings. The largest absolute Gasteiger partial charge is 0.465 e. The lowest BCUT2D eigenvalue weighted by Gasteiger charge is -2.62. The molecule has 2 aromatic heterocycles. The molecular formula is C22H24F4N6O4S. The molecule has 1 unspecified atom stereocenters. The van der Waals surface area contributed by atoms with E-state index in [9.17, 15) is 32.4 Å². The van der Waals surface area contributed by atoms with Crippen LogP contribution in [0.1, 0.15) is 43.4 Å². The number of hydrogen-bond donors (Lipinski definition) is 5. The molecular weight excluding hydrogens is 520 g/mol. The van der Waals surface area contributed by atoms with Gasteiger partial charge in [0, 0.05) is 6.42 Å². The Hall–Kier alpha value is -3.30. The molecule has 200 valence electrons. The fourth-order valence-corrected chi connectivity index (χ4v) is 7.89. The van der Waals surface area contributed by atoms with Crippen LogP contribution in [0.2, 0.25) is 0 Å². The summed E-state index contributed by atoms with van der Waals surface area (Å²) in [6, 6.07) is 4.18. The predicted octanol–water partition coefficient (Wildman–Crippen LogP) is 3.87. The molecule has 5 N–H and O–H groups in total. The van der Waals surface area contributed by atoms with Crippen LogP contribution < -0.4 is 15.4 Å². The second kappa shape index (κ2) is 8.92. The number of aromatic nitrogens is 2. The van der Waals surface area contributed by atoms with Crippen LogP contribution in [0, 0.1) is 11.6 Å². The Bertz CT molecular complexity index is 1290. The van der Waals surface area contributed by atoms with Crippen LogP contribution in [0.3, 0.4) is 0 Å². The lowest BCUT2D eigenvalue weighted by molar-refractivity contribution is -0.0148. The van der Waals surface area contributed by atoms with E-state index in [2.05, 4.69) is 30.3 Å². The monoisotopic (exact) mass is 544 g/mol. The van der Waals surface area contributed by atoms with Gasteiger partial charge in [-0.15, -0.1) is 0 Å². The minimum Gasteiger partial charge on any atom is -0.465 e.